The first-order chi connectivity index (χ1) is 9.63. The maximum absolute atomic E-state index is 14.5. The Morgan fingerprint density at radius 3 is 2.70 bits per heavy atom. The largest absolute Gasteiger partial charge is 0.354 e. The van der Waals surface area contributed by atoms with E-state index in [9.17, 15) is 4.39 Å². The van der Waals surface area contributed by atoms with Gasteiger partial charge in [-0.2, -0.15) is 0 Å². The lowest BCUT2D eigenvalue weighted by molar-refractivity contribution is 0.249. The number of rotatable bonds is 5. The molecule has 5 heteroatoms. The number of pyridine rings is 1. The minimum absolute atomic E-state index is 0.170. The highest BCUT2D eigenvalue weighted by molar-refractivity contribution is 5.43. The number of hydrogen-bond acceptors (Lipinski definition) is 4. The van der Waals surface area contributed by atoms with Crippen molar-refractivity contribution in [2.75, 3.05) is 38.6 Å². The standard InChI is InChI=1S/C15H25FN4/c1-4-17-11-12-5-8-18-15(14(12)16)20-9-6-13(7-10-20)19(2)3/h5,8,13,17H,4,6-7,9-11H2,1-3H3. The van der Waals surface area contributed by atoms with Crippen LogP contribution < -0.4 is 10.2 Å². The van der Waals surface area contributed by atoms with Gasteiger partial charge < -0.3 is 15.1 Å². The van der Waals surface area contributed by atoms with Gasteiger partial charge in [-0.1, -0.05) is 6.92 Å². The molecule has 1 aromatic rings. The molecule has 112 valence electrons. The van der Waals surface area contributed by atoms with Crippen molar-refractivity contribution in [1.29, 1.82) is 0 Å². The van der Waals surface area contributed by atoms with Gasteiger partial charge in [-0.05, 0) is 39.5 Å². The number of halogens is 1. The summed E-state index contributed by atoms with van der Waals surface area (Å²) in [5.74, 6) is 0.342. The molecule has 1 aliphatic rings. The van der Waals surface area contributed by atoms with Gasteiger partial charge >= 0.3 is 0 Å². The molecule has 1 fully saturated rings. The molecule has 1 aromatic heterocycles. The van der Waals surface area contributed by atoms with E-state index in [1.165, 1.54) is 0 Å². The highest BCUT2D eigenvalue weighted by atomic mass is 19.1. The maximum Gasteiger partial charge on any atom is 0.170 e. The van der Waals surface area contributed by atoms with Crippen molar-refractivity contribution >= 4 is 5.82 Å². The Balaban J connectivity index is 2.06. The van der Waals surface area contributed by atoms with E-state index in [1.54, 1.807) is 12.3 Å². The van der Waals surface area contributed by atoms with E-state index in [-0.39, 0.29) is 5.82 Å². The van der Waals surface area contributed by atoms with Crippen molar-refractivity contribution in [3.05, 3.63) is 23.6 Å². The van der Waals surface area contributed by atoms with Crippen molar-refractivity contribution in [3.63, 3.8) is 0 Å². The summed E-state index contributed by atoms with van der Waals surface area (Å²) in [6.45, 7) is 5.16. The van der Waals surface area contributed by atoms with Gasteiger partial charge in [0, 0.05) is 37.4 Å². The SMILES string of the molecule is CCNCc1ccnc(N2CCC(N(C)C)CC2)c1F. The predicted molar refractivity (Wildman–Crippen MR) is 80.5 cm³/mol. The third kappa shape index (κ3) is 3.46. The smallest absolute Gasteiger partial charge is 0.170 e. The minimum Gasteiger partial charge on any atom is -0.354 e. The highest BCUT2D eigenvalue weighted by Gasteiger charge is 2.24. The molecule has 4 nitrogen and oxygen atoms in total. The lowest BCUT2D eigenvalue weighted by Crippen LogP contribution is -2.42. The zero-order chi connectivity index (χ0) is 14.5. The van der Waals surface area contributed by atoms with Crippen LogP contribution in [0, 0.1) is 5.82 Å². The summed E-state index contributed by atoms with van der Waals surface area (Å²) < 4.78 is 14.5. The summed E-state index contributed by atoms with van der Waals surface area (Å²) in [5, 5.41) is 3.16. The molecule has 0 aliphatic carbocycles. The molecule has 2 rings (SSSR count). The van der Waals surface area contributed by atoms with Crippen LogP contribution in [0.1, 0.15) is 25.3 Å². The van der Waals surface area contributed by atoms with E-state index in [4.69, 9.17) is 0 Å². The first-order valence-corrected chi connectivity index (χ1v) is 7.39. The Hall–Kier alpha value is -1.20. The van der Waals surface area contributed by atoms with Gasteiger partial charge in [-0.15, -0.1) is 0 Å². The fourth-order valence-electron chi connectivity index (χ4n) is 2.68. The molecular weight excluding hydrogens is 255 g/mol. The second-order valence-electron chi connectivity index (χ2n) is 5.57. The van der Waals surface area contributed by atoms with Gasteiger partial charge in [0.15, 0.2) is 11.6 Å². The van der Waals surface area contributed by atoms with Crippen LogP contribution in [-0.4, -0.2) is 49.7 Å². The van der Waals surface area contributed by atoms with Crippen LogP contribution in [0.2, 0.25) is 0 Å². The molecule has 1 saturated heterocycles. The lowest BCUT2D eigenvalue weighted by atomic mass is 10.0. The number of nitrogens with zero attached hydrogens (tertiary/aromatic N) is 3. The topological polar surface area (TPSA) is 31.4 Å². The Morgan fingerprint density at radius 2 is 2.10 bits per heavy atom. The fourth-order valence-corrected chi connectivity index (χ4v) is 2.68. The van der Waals surface area contributed by atoms with Gasteiger partial charge in [-0.25, -0.2) is 9.37 Å². The molecule has 0 atom stereocenters. The van der Waals surface area contributed by atoms with Gasteiger partial charge in [-0.3, -0.25) is 0 Å². The van der Waals surface area contributed by atoms with Crippen molar-refractivity contribution in [2.24, 2.45) is 0 Å². The van der Waals surface area contributed by atoms with Crippen LogP contribution >= 0.6 is 0 Å². The van der Waals surface area contributed by atoms with E-state index in [2.05, 4.69) is 34.2 Å². The zero-order valence-corrected chi connectivity index (χ0v) is 12.7. The number of nitrogens with one attached hydrogen (secondary N) is 1. The molecule has 0 amide bonds. The van der Waals surface area contributed by atoms with Crippen LogP contribution in [0.25, 0.3) is 0 Å². The average Bonchev–Trinajstić information content (AvgIpc) is 2.46. The Bertz CT molecular complexity index is 428. The summed E-state index contributed by atoms with van der Waals surface area (Å²) in [4.78, 5) is 8.58. The summed E-state index contributed by atoms with van der Waals surface area (Å²) in [6, 6.07) is 2.35. The van der Waals surface area contributed by atoms with Gasteiger partial charge in [0.05, 0.1) is 0 Å². The fraction of sp³-hybridized carbons (Fsp3) is 0.667. The van der Waals surface area contributed by atoms with Crippen molar-refractivity contribution in [2.45, 2.75) is 32.4 Å². The summed E-state index contributed by atoms with van der Waals surface area (Å²) in [7, 11) is 4.21. The van der Waals surface area contributed by atoms with Crippen LogP contribution in [0.3, 0.4) is 0 Å². The maximum atomic E-state index is 14.5. The number of anilines is 1. The number of hydrogen-bond donors (Lipinski definition) is 1. The quantitative estimate of drug-likeness (QED) is 0.892. The van der Waals surface area contributed by atoms with E-state index in [0.29, 0.717) is 24.0 Å². The molecular formula is C15H25FN4. The molecule has 0 unspecified atom stereocenters. The summed E-state index contributed by atoms with van der Waals surface area (Å²) >= 11 is 0. The lowest BCUT2D eigenvalue weighted by Gasteiger charge is -2.36. The summed E-state index contributed by atoms with van der Waals surface area (Å²) in [5.41, 5.74) is 0.701. The van der Waals surface area contributed by atoms with Crippen LogP contribution in [0.15, 0.2) is 12.3 Å². The zero-order valence-electron chi connectivity index (χ0n) is 12.7. The molecule has 1 N–H and O–H groups in total. The van der Waals surface area contributed by atoms with Gasteiger partial charge in [0.2, 0.25) is 0 Å². The van der Waals surface area contributed by atoms with Crippen molar-refractivity contribution in [3.8, 4) is 0 Å². The highest BCUT2D eigenvalue weighted by Crippen LogP contribution is 2.24. The minimum atomic E-state index is -0.170. The molecule has 2 heterocycles. The Kier molecular flexibility index (Phi) is 5.31. The second kappa shape index (κ2) is 6.99. The van der Waals surface area contributed by atoms with E-state index in [1.807, 2.05) is 6.92 Å². The van der Waals surface area contributed by atoms with Crippen molar-refractivity contribution < 1.29 is 4.39 Å². The number of piperidine rings is 1. The third-order valence-electron chi connectivity index (χ3n) is 4.01. The predicted octanol–water partition coefficient (Wildman–Crippen LogP) is 1.86. The third-order valence-corrected chi connectivity index (χ3v) is 4.01. The van der Waals surface area contributed by atoms with Crippen LogP contribution in [0.4, 0.5) is 10.2 Å². The van der Waals surface area contributed by atoms with Gasteiger partial charge in [0.1, 0.15) is 0 Å². The first-order valence-electron chi connectivity index (χ1n) is 7.39. The molecule has 0 aromatic carbocycles. The molecule has 0 spiro atoms. The monoisotopic (exact) mass is 280 g/mol. The Morgan fingerprint density at radius 1 is 1.40 bits per heavy atom. The van der Waals surface area contributed by atoms with Crippen LogP contribution in [0.5, 0.6) is 0 Å². The van der Waals surface area contributed by atoms with Gasteiger partial charge in [0.25, 0.3) is 0 Å². The van der Waals surface area contributed by atoms with Crippen molar-refractivity contribution in [1.82, 2.24) is 15.2 Å². The molecule has 20 heavy (non-hydrogen) atoms. The normalized spacial score (nSPS) is 16.9. The van der Waals surface area contributed by atoms with E-state index >= 15 is 0 Å². The molecule has 0 saturated carbocycles. The second-order valence-corrected chi connectivity index (χ2v) is 5.57. The molecule has 0 bridgehead atoms. The molecule has 1 aliphatic heterocycles. The average molecular weight is 280 g/mol. The van der Waals surface area contributed by atoms with E-state index < -0.39 is 0 Å². The molecule has 0 radical (unpaired) electrons. The van der Waals surface area contributed by atoms with Crippen LogP contribution in [-0.2, 0) is 6.54 Å². The Labute approximate surface area is 121 Å². The summed E-state index contributed by atoms with van der Waals surface area (Å²) in [6.07, 6.45) is 3.83. The number of aromatic nitrogens is 1. The first kappa shape index (κ1) is 15.2. The van der Waals surface area contributed by atoms with E-state index in [0.717, 1.165) is 32.5 Å².